The van der Waals surface area contributed by atoms with Gasteiger partial charge in [0.25, 0.3) is 0 Å². The van der Waals surface area contributed by atoms with Crippen LogP contribution in [0.3, 0.4) is 0 Å². The van der Waals surface area contributed by atoms with Crippen LogP contribution in [0.4, 0.5) is 0 Å². The van der Waals surface area contributed by atoms with Gasteiger partial charge in [0.2, 0.25) is 0 Å². The Bertz CT molecular complexity index is 2670. The zero-order chi connectivity index (χ0) is 33.1. The lowest BCUT2D eigenvalue weighted by Crippen LogP contribution is -2.11. The Morgan fingerprint density at radius 1 is 0.367 bits per heavy atom. The van der Waals surface area contributed by atoms with Gasteiger partial charge >= 0.3 is 0 Å². The van der Waals surface area contributed by atoms with Crippen molar-refractivity contribution in [1.29, 1.82) is 0 Å². The summed E-state index contributed by atoms with van der Waals surface area (Å²) in [5.74, 6) is 0. The molecule has 0 amide bonds. The molecule has 9 aromatic rings. The number of hydrogen-bond donors (Lipinski definition) is 0. The summed E-state index contributed by atoms with van der Waals surface area (Å²) >= 11 is 1.90. The summed E-state index contributed by atoms with van der Waals surface area (Å²) in [7, 11) is 0. The first-order chi connectivity index (χ1) is 23.9. The summed E-state index contributed by atoms with van der Waals surface area (Å²) in [6.07, 6.45) is 0. The highest BCUT2D eigenvalue weighted by molar-refractivity contribution is 7.26. The van der Waals surface area contributed by atoms with Gasteiger partial charge < -0.3 is 0 Å². The predicted octanol–water partition coefficient (Wildman–Crippen LogP) is 14.3. The molecule has 0 saturated heterocycles. The van der Waals surface area contributed by atoms with Crippen LogP contribution in [0, 0.1) is 0 Å². The average molecular weight is 645 g/mol. The maximum absolute atomic E-state index is 2.45. The third kappa shape index (κ3) is 5.05. The largest absolute Gasteiger partial charge is 0.135 e. The maximum atomic E-state index is 2.45. The number of fused-ring (bicyclic) bond motifs is 5. The average Bonchev–Trinajstić information content (AvgIpc) is 3.53. The van der Waals surface area contributed by atoms with E-state index in [-0.39, 0.29) is 5.41 Å². The SMILES string of the molecule is CC(C)(C)c1cc(-c2ccc3c(-c4ccccc4)c4ccccc4c(-c4ccccc4)c3c2)cc(-c2cccc3c2sc2ccccc23)c1. The van der Waals surface area contributed by atoms with Gasteiger partial charge in [-0.05, 0) is 95.2 Å². The van der Waals surface area contributed by atoms with Crippen molar-refractivity contribution < 1.29 is 0 Å². The predicted molar refractivity (Wildman–Crippen MR) is 215 cm³/mol. The number of hydrogen-bond acceptors (Lipinski definition) is 1. The normalized spacial score (nSPS) is 12.0. The van der Waals surface area contributed by atoms with Gasteiger partial charge in [-0.2, -0.15) is 0 Å². The topological polar surface area (TPSA) is 0 Å². The van der Waals surface area contributed by atoms with Crippen molar-refractivity contribution >= 4 is 53.1 Å². The van der Waals surface area contributed by atoms with Crippen LogP contribution in [-0.2, 0) is 5.41 Å². The van der Waals surface area contributed by atoms with E-state index in [1.54, 1.807) is 0 Å². The van der Waals surface area contributed by atoms with Crippen LogP contribution >= 0.6 is 11.3 Å². The zero-order valence-corrected chi connectivity index (χ0v) is 28.8. The maximum Gasteiger partial charge on any atom is 0.0433 e. The molecule has 0 saturated carbocycles. The van der Waals surface area contributed by atoms with Crippen molar-refractivity contribution in [3.63, 3.8) is 0 Å². The van der Waals surface area contributed by atoms with Gasteiger partial charge in [0, 0.05) is 20.2 Å². The molecule has 0 N–H and O–H groups in total. The number of benzene rings is 8. The van der Waals surface area contributed by atoms with Gasteiger partial charge in [0.15, 0.2) is 0 Å². The second-order valence-corrected chi connectivity index (χ2v) is 15.2. The van der Waals surface area contributed by atoms with E-state index in [0.29, 0.717) is 0 Å². The van der Waals surface area contributed by atoms with E-state index >= 15 is 0 Å². The monoisotopic (exact) mass is 644 g/mol. The van der Waals surface area contributed by atoms with Gasteiger partial charge in [0.1, 0.15) is 0 Å². The van der Waals surface area contributed by atoms with Crippen molar-refractivity contribution in [3.8, 4) is 44.5 Å². The first-order valence-electron chi connectivity index (χ1n) is 17.1. The summed E-state index contributed by atoms with van der Waals surface area (Å²) in [4.78, 5) is 0. The fourth-order valence-corrected chi connectivity index (χ4v) is 8.79. The number of thiophene rings is 1. The highest BCUT2D eigenvalue weighted by Crippen LogP contribution is 2.46. The van der Waals surface area contributed by atoms with Crippen molar-refractivity contribution in [2.24, 2.45) is 0 Å². The standard InChI is InChI=1S/C48H36S/c1-48(2,3)36-28-34(27-35(29-36)37-22-14-23-42-38-19-12-13-24-44(38)49-47(37)42)33-25-26-41-43(30-33)46(32-17-8-5-9-18-32)40-21-11-10-20-39(40)45(41)31-15-6-4-7-16-31/h4-30H,1-3H3. The second-order valence-electron chi connectivity index (χ2n) is 14.1. The van der Waals surface area contributed by atoms with Gasteiger partial charge in [-0.15, -0.1) is 11.3 Å². The molecule has 0 spiro atoms. The summed E-state index contributed by atoms with van der Waals surface area (Å²) in [5.41, 5.74) is 11.4. The Morgan fingerprint density at radius 2 is 0.918 bits per heavy atom. The summed E-state index contributed by atoms with van der Waals surface area (Å²) in [5, 5.41) is 7.77. The van der Waals surface area contributed by atoms with Crippen LogP contribution in [-0.4, -0.2) is 0 Å². The van der Waals surface area contributed by atoms with E-state index in [4.69, 9.17) is 0 Å². The van der Waals surface area contributed by atoms with Crippen molar-refractivity contribution in [3.05, 3.63) is 169 Å². The molecule has 1 heteroatoms. The molecule has 0 atom stereocenters. The fraction of sp³-hybridized carbons (Fsp3) is 0.0833. The Balaban J connectivity index is 1.34. The second kappa shape index (κ2) is 11.6. The molecule has 234 valence electrons. The van der Waals surface area contributed by atoms with Crippen LogP contribution in [0.15, 0.2) is 164 Å². The summed E-state index contributed by atoms with van der Waals surface area (Å²) < 4.78 is 2.69. The minimum atomic E-state index is -0.0124. The van der Waals surface area contributed by atoms with E-state index in [2.05, 4.69) is 185 Å². The van der Waals surface area contributed by atoms with Crippen molar-refractivity contribution in [2.75, 3.05) is 0 Å². The van der Waals surface area contributed by atoms with Crippen LogP contribution in [0.5, 0.6) is 0 Å². The lowest BCUT2D eigenvalue weighted by Gasteiger charge is -2.22. The van der Waals surface area contributed by atoms with Gasteiger partial charge in [-0.1, -0.05) is 166 Å². The molecular weight excluding hydrogens is 609 g/mol. The first kappa shape index (κ1) is 29.6. The minimum Gasteiger partial charge on any atom is -0.135 e. The van der Waals surface area contributed by atoms with Crippen molar-refractivity contribution in [2.45, 2.75) is 26.2 Å². The lowest BCUT2D eigenvalue weighted by molar-refractivity contribution is 0.591. The van der Waals surface area contributed by atoms with Gasteiger partial charge in [-0.3, -0.25) is 0 Å². The third-order valence-electron chi connectivity index (χ3n) is 10.00. The van der Waals surface area contributed by atoms with E-state index in [1.807, 2.05) is 11.3 Å². The Kier molecular flexibility index (Phi) is 7.00. The molecule has 0 fully saturated rings. The third-order valence-corrected chi connectivity index (χ3v) is 11.2. The van der Waals surface area contributed by atoms with Gasteiger partial charge in [0.05, 0.1) is 0 Å². The summed E-state index contributed by atoms with van der Waals surface area (Å²) in [6, 6.07) is 60.7. The smallest absolute Gasteiger partial charge is 0.0433 e. The summed E-state index contributed by atoms with van der Waals surface area (Å²) in [6.45, 7) is 6.96. The molecule has 0 aliphatic rings. The quantitative estimate of drug-likeness (QED) is 0.167. The van der Waals surface area contributed by atoms with Crippen LogP contribution in [0.2, 0.25) is 0 Å². The molecular formula is C48H36S. The first-order valence-corrected chi connectivity index (χ1v) is 17.9. The molecule has 8 aromatic carbocycles. The zero-order valence-electron chi connectivity index (χ0n) is 28.0. The Hall–Kier alpha value is -5.50. The highest BCUT2D eigenvalue weighted by Gasteiger charge is 2.20. The Morgan fingerprint density at radius 3 is 1.59 bits per heavy atom. The van der Waals surface area contributed by atoms with Gasteiger partial charge in [-0.25, -0.2) is 0 Å². The van der Waals surface area contributed by atoms with E-state index < -0.39 is 0 Å². The molecule has 0 bridgehead atoms. The minimum absolute atomic E-state index is 0.0124. The fourth-order valence-electron chi connectivity index (χ4n) is 7.55. The van der Waals surface area contributed by atoms with Crippen LogP contribution in [0.25, 0.3) is 86.2 Å². The van der Waals surface area contributed by atoms with Crippen LogP contribution in [0.1, 0.15) is 26.3 Å². The van der Waals surface area contributed by atoms with E-state index in [9.17, 15) is 0 Å². The lowest BCUT2D eigenvalue weighted by atomic mass is 9.82. The van der Waals surface area contributed by atoms with E-state index in [1.165, 1.54) is 91.8 Å². The Labute approximate surface area is 291 Å². The molecule has 0 nitrogen and oxygen atoms in total. The molecule has 0 aliphatic carbocycles. The molecule has 0 radical (unpaired) electrons. The molecule has 1 heterocycles. The van der Waals surface area contributed by atoms with Crippen LogP contribution < -0.4 is 0 Å². The van der Waals surface area contributed by atoms with E-state index in [0.717, 1.165) is 0 Å². The number of rotatable bonds is 4. The molecule has 1 aromatic heterocycles. The van der Waals surface area contributed by atoms with Crippen molar-refractivity contribution in [1.82, 2.24) is 0 Å². The molecule has 9 rings (SSSR count). The molecule has 49 heavy (non-hydrogen) atoms. The molecule has 0 unspecified atom stereocenters. The highest BCUT2D eigenvalue weighted by atomic mass is 32.1. The molecule has 0 aliphatic heterocycles.